The van der Waals surface area contributed by atoms with Crippen LogP contribution in [0, 0.1) is 17.3 Å². The van der Waals surface area contributed by atoms with Crippen LogP contribution in [0.5, 0.6) is 0 Å². The fraction of sp³-hybridized carbons (Fsp3) is 0.600. The SMILES string of the molecule is [B][C@@H]1C[C@@H]2C[C@H](C1c1ccccc1)C2(C)C. The van der Waals surface area contributed by atoms with E-state index in [1.54, 1.807) is 0 Å². The van der Waals surface area contributed by atoms with Crippen molar-refractivity contribution in [2.45, 2.75) is 38.4 Å². The van der Waals surface area contributed by atoms with Crippen molar-refractivity contribution in [1.82, 2.24) is 0 Å². The van der Waals surface area contributed by atoms with Crippen molar-refractivity contribution in [3.8, 4) is 0 Å². The van der Waals surface area contributed by atoms with Gasteiger partial charge in [0.1, 0.15) is 0 Å². The Morgan fingerprint density at radius 3 is 2.44 bits per heavy atom. The van der Waals surface area contributed by atoms with E-state index in [9.17, 15) is 0 Å². The van der Waals surface area contributed by atoms with Gasteiger partial charge in [0.15, 0.2) is 0 Å². The highest BCUT2D eigenvalue weighted by molar-refractivity contribution is 6.12. The summed E-state index contributed by atoms with van der Waals surface area (Å²) in [6, 6.07) is 10.9. The Kier molecular flexibility index (Phi) is 2.21. The molecule has 3 fully saturated rings. The third-order valence-corrected chi connectivity index (χ3v) is 5.18. The lowest BCUT2D eigenvalue weighted by Crippen LogP contribution is -2.53. The predicted molar refractivity (Wildman–Crippen MR) is 68.7 cm³/mol. The first-order chi connectivity index (χ1) is 7.60. The van der Waals surface area contributed by atoms with E-state index in [2.05, 4.69) is 44.2 Å². The summed E-state index contributed by atoms with van der Waals surface area (Å²) in [5.41, 5.74) is 1.96. The van der Waals surface area contributed by atoms with Gasteiger partial charge in [-0.05, 0) is 35.2 Å². The fourth-order valence-corrected chi connectivity index (χ4v) is 3.99. The molecule has 82 valence electrons. The lowest BCUT2D eigenvalue weighted by molar-refractivity contribution is -0.0797. The van der Waals surface area contributed by atoms with Crippen molar-refractivity contribution >= 4 is 7.85 Å². The molecule has 1 heteroatoms. The average molecular weight is 210 g/mol. The number of fused-ring (bicyclic) bond motifs is 2. The summed E-state index contributed by atoms with van der Waals surface area (Å²) in [5.74, 6) is 2.62. The van der Waals surface area contributed by atoms with Crippen molar-refractivity contribution < 1.29 is 0 Å². The van der Waals surface area contributed by atoms with Gasteiger partial charge in [0.05, 0.1) is 7.85 Å². The summed E-state index contributed by atoms with van der Waals surface area (Å²) in [7, 11) is 6.35. The third kappa shape index (κ3) is 1.30. The van der Waals surface area contributed by atoms with Gasteiger partial charge in [0.25, 0.3) is 0 Å². The van der Waals surface area contributed by atoms with Crippen LogP contribution in [-0.4, -0.2) is 7.85 Å². The molecule has 0 heterocycles. The number of hydrogen-bond acceptors (Lipinski definition) is 0. The molecule has 4 rings (SSSR count). The zero-order valence-corrected chi connectivity index (χ0v) is 10.2. The molecule has 3 saturated carbocycles. The van der Waals surface area contributed by atoms with E-state index in [1.165, 1.54) is 18.4 Å². The van der Waals surface area contributed by atoms with E-state index in [-0.39, 0.29) is 0 Å². The molecule has 1 aromatic carbocycles. The van der Waals surface area contributed by atoms with Gasteiger partial charge in [-0.3, -0.25) is 0 Å². The van der Waals surface area contributed by atoms with Gasteiger partial charge in [-0.2, -0.15) is 0 Å². The molecule has 1 aromatic rings. The third-order valence-electron chi connectivity index (χ3n) is 5.18. The predicted octanol–water partition coefficient (Wildman–Crippen LogP) is 3.79. The van der Waals surface area contributed by atoms with E-state index in [1.807, 2.05) is 0 Å². The second-order valence-corrected chi connectivity index (χ2v) is 6.20. The molecule has 0 spiro atoms. The molecule has 3 aliphatic carbocycles. The van der Waals surface area contributed by atoms with Gasteiger partial charge in [-0.25, -0.2) is 0 Å². The molecule has 0 aliphatic heterocycles. The van der Waals surface area contributed by atoms with Crippen molar-refractivity contribution in [3.05, 3.63) is 35.9 Å². The zero-order chi connectivity index (χ0) is 11.3. The average Bonchev–Trinajstić information content (AvgIpc) is 2.29. The van der Waals surface area contributed by atoms with Crippen molar-refractivity contribution in [2.24, 2.45) is 17.3 Å². The first-order valence-corrected chi connectivity index (χ1v) is 6.41. The van der Waals surface area contributed by atoms with Crippen LogP contribution in [-0.2, 0) is 0 Å². The van der Waals surface area contributed by atoms with Gasteiger partial charge >= 0.3 is 0 Å². The maximum Gasteiger partial charge on any atom is 0.0708 e. The monoisotopic (exact) mass is 210 g/mol. The molecule has 2 bridgehead atoms. The van der Waals surface area contributed by atoms with Crippen LogP contribution < -0.4 is 0 Å². The second-order valence-electron chi connectivity index (χ2n) is 6.20. The van der Waals surface area contributed by atoms with Gasteiger partial charge < -0.3 is 0 Å². The summed E-state index contributed by atoms with van der Waals surface area (Å²) in [6.07, 6.45) is 2.60. The summed E-state index contributed by atoms with van der Waals surface area (Å²) < 4.78 is 0. The molecule has 4 atom stereocenters. The Labute approximate surface area is 99.9 Å². The Hall–Kier alpha value is -0.715. The normalized spacial score (nSPS) is 40.1. The molecule has 1 unspecified atom stereocenters. The van der Waals surface area contributed by atoms with E-state index < -0.39 is 0 Å². The number of rotatable bonds is 1. The Morgan fingerprint density at radius 2 is 1.81 bits per heavy atom. The van der Waals surface area contributed by atoms with Gasteiger partial charge in [0, 0.05) is 0 Å². The molecule has 0 N–H and O–H groups in total. The first kappa shape index (κ1) is 10.4. The van der Waals surface area contributed by atoms with Crippen LogP contribution in [0.2, 0.25) is 5.82 Å². The van der Waals surface area contributed by atoms with Gasteiger partial charge in [0.2, 0.25) is 0 Å². The molecule has 3 aliphatic rings. The quantitative estimate of drug-likeness (QED) is 0.618. The molecular formula is C15H19B. The minimum absolute atomic E-state index is 0.374. The van der Waals surface area contributed by atoms with E-state index >= 15 is 0 Å². The Balaban J connectivity index is 1.94. The smallest absolute Gasteiger partial charge is 0.0701 e. The topological polar surface area (TPSA) is 0 Å². The van der Waals surface area contributed by atoms with Crippen molar-refractivity contribution in [2.75, 3.05) is 0 Å². The Bertz CT molecular complexity index is 382. The fourth-order valence-electron chi connectivity index (χ4n) is 3.99. The molecule has 0 aromatic heterocycles. The largest absolute Gasteiger partial charge is 0.0708 e. The van der Waals surface area contributed by atoms with E-state index in [0.29, 0.717) is 17.2 Å². The minimum Gasteiger partial charge on any atom is -0.0701 e. The van der Waals surface area contributed by atoms with E-state index in [0.717, 1.165) is 11.8 Å². The van der Waals surface area contributed by atoms with E-state index in [4.69, 9.17) is 7.85 Å². The van der Waals surface area contributed by atoms with Crippen LogP contribution in [0.25, 0.3) is 0 Å². The van der Waals surface area contributed by atoms with Crippen molar-refractivity contribution in [3.63, 3.8) is 0 Å². The Morgan fingerprint density at radius 1 is 1.12 bits per heavy atom. The lowest BCUT2D eigenvalue weighted by Gasteiger charge is -2.62. The van der Waals surface area contributed by atoms with Gasteiger partial charge in [-0.15, -0.1) is 0 Å². The van der Waals surface area contributed by atoms with Crippen LogP contribution >= 0.6 is 0 Å². The standard InChI is InChI=1S/C15H19B/c1-15(2)11-8-12(15)14(13(16)9-11)10-6-4-3-5-7-10/h3-7,11-14H,8-9H2,1-2H3/t11-,12+,13+,14?/m0/s1. The highest BCUT2D eigenvalue weighted by Gasteiger charge is 2.56. The second kappa shape index (κ2) is 3.39. The molecule has 0 amide bonds. The maximum atomic E-state index is 6.35. The van der Waals surface area contributed by atoms with Crippen LogP contribution in [0.15, 0.2) is 30.3 Å². The molecular weight excluding hydrogens is 191 g/mol. The lowest BCUT2D eigenvalue weighted by atomic mass is 9.40. The summed E-state index contributed by atoms with van der Waals surface area (Å²) >= 11 is 0. The molecule has 16 heavy (non-hydrogen) atoms. The summed E-state index contributed by atoms with van der Waals surface area (Å²) in [4.78, 5) is 0. The highest BCUT2D eigenvalue weighted by atomic mass is 14.6. The summed E-state index contributed by atoms with van der Waals surface area (Å²) in [6.45, 7) is 4.85. The highest BCUT2D eigenvalue weighted by Crippen LogP contribution is 2.66. The minimum atomic E-state index is 0.374. The van der Waals surface area contributed by atoms with Crippen LogP contribution in [0.4, 0.5) is 0 Å². The van der Waals surface area contributed by atoms with Crippen LogP contribution in [0.1, 0.15) is 38.2 Å². The number of benzene rings is 1. The maximum absolute atomic E-state index is 6.35. The zero-order valence-electron chi connectivity index (χ0n) is 10.2. The first-order valence-electron chi connectivity index (χ1n) is 6.41. The molecule has 2 radical (unpaired) electrons. The molecule has 0 saturated heterocycles. The van der Waals surface area contributed by atoms with Crippen LogP contribution in [0.3, 0.4) is 0 Å². The molecule has 0 nitrogen and oxygen atoms in total. The number of hydrogen-bond donors (Lipinski definition) is 0. The summed E-state index contributed by atoms with van der Waals surface area (Å²) in [5, 5.41) is 0. The van der Waals surface area contributed by atoms with Gasteiger partial charge in [-0.1, -0.05) is 56.4 Å². The van der Waals surface area contributed by atoms with Crippen molar-refractivity contribution in [1.29, 1.82) is 0 Å².